The summed E-state index contributed by atoms with van der Waals surface area (Å²) in [5, 5.41) is 0.576. The fourth-order valence-electron chi connectivity index (χ4n) is 4.74. The van der Waals surface area contributed by atoms with Crippen LogP contribution in [0, 0.1) is 0 Å². The summed E-state index contributed by atoms with van der Waals surface area (Å²) in [7, 11) is 2.02. The van der Waals surface area contributed by atoms with Gasteiger partial charge in [0.05, 0.1) is 17.6 Å². The summed E-state index contributed by atoms with van der Waals surface area (Å²) in [6.07, 6.45) is 2.17. The van der Waals surface area contributed by atoms with Crippen LogP contribution in [0.15, 0.2) is 42.5 Å². The number of carbonyl (C=O) groups excluding carboxylic acids is 2. The van der Waals surface area contributed by atoms with Gasteiger partial charge in [-0.05, 0) is 49.2 Å². The molecule has 33 heavy (non-hydrogen) atoms. The third-order valence-corrected chi connectivity index (χ3v) is 6.94. The average Bonchev–Trinajstić information content (AvgIpc) is 3.47. The van der Waals surface area contributed by atoms with Gasteiger partial charge in [0.1, 0.15) is 5.82 Å². The highest BCUT2D eigenvalue weighted by Gasteiger charge is 2.24. The molecule has 2 fully saturated rings. The number of hydrogen-bond acceptors (Lipinski definition) is 4. The Hall–Kier alpha value is -2.90. The fraction of sp³-hybridized carbons (Fsp3) is 0.400. The zero-order chi connectivity index (χ0) is 22.9. The van der Waals surface area contributed by atoms with Crippen LogP contribution in [0.1, 0.15) is 39.4 Å². The predicted octanol–water partition coefficient (Wildman–Crippen LogP) is 3.42. The molecule has 0 bridgehead atoms. The number of likely N-dealkylation sites (tertiary alicyclic amines) is 1. The van der Waals surface area contributed by atoms with Gasteiger partial charge in [-0.3, -0.25) is 14.5 Å². The minimum Gasteiger partial charge on any atom is -0.339 e. The van der Waals surface area contributed by atoms with Gasteiger partial charge in [-0.15, -0.1) is 0 Å². The number of fused-ring (bicyclic) bond motifs is 1. The highest BCUT2D eigenvalue weighted by molar-refractivity contribution is 6.30. The lowest BCUT2D eigenvalue weighted by Crippen LogP contribution is -2.48. The molecule has 2 aromatic carbocycles. The summed E-state index contributed by atoms with van der Waals surface area (Å²) in [6.45, 7) is 5.31. The van der Waals surface area contributed by atoms with Crippen molar-refractivity contribution >= 4 is 34.4 Å². The van der Waals surface area contributed by atoms with Crippen molar-refractivity contribution in [2.24, 2.45) is 7.05 Å². The SMILES string of the molecule is Cn1c(CN2CCN(C(=O)c3cccc(Cl)c3)CC2)nc2cc(C(=O)N3CCCC3)ccc21. The van der Waals surface area contributed by atoms with E-state index in [4.69, 9.17) is 16.6 Å². The Bertz CT molecular complexity index is 1190. The molecule has 8 heteroatoms. The molecule has 5 rings (SSSR count). The monoisotopic (exact) mass is 465 g/mol. The van der Waals surface area contributed by atoms with Crippen LogP contribution in [0.25, 0.3) is 11.0 Å². The Morgan fingerprint density at radius 2 is 1.55 bits per heavy atom. The molecule has 7 nitrogen and oxygen atoms in total. The maximum atomic E-state index is 12.8. The minimum absolute atomic E-state index is 0.0232. The second kappa shape index (κ2) is 9.15. The number of amides is 2. The largest absolute Gasteiger partial charge is 0.339 e. The van der Waals surface area contributed by atoms with Crippen LogP contribution in [0.4, 0.5) is 0 Å². The van der Waals surface area contributed by atoms with Gasteiger partial charge >= 0.3 is 0 Å². The number of nitrogens with zero attached hydrogens (tertiary/aromatic N) is 5. The third kappa shape index (κ3) is 4.48. The zero-order valence-electron chi connectivity index (χ0n) is 18.8. The van der Waals surface area contributed by atoms with Crippen molar-refractivity contribution in [2.75, 3.05) is 39.3 Å². The van der Waals surface area contributed by atoms with E-state index in [9.17, 15) is 9.59 Å². The van der Waals surface area contributed by atoms with Gasteiger partial charge in [0.15, 0.2) is 0 Å². The number of imidazole rings is 1. The van der Waals surface area contributed by atoms with E-state index in [1.165, 1.54) is 0 Å². The van der Waals surface area contributed by atoms with Crippen molar-refractivity contribution in [3.05, 3.63) is 64.4 Å². The van der Waals surface area contributed by atoms with E-state index in [0.717, 1.165) is 55.9 Å². The van der Waals surface area contributed by atoms with Crippen molar-refractivity contribution in [3.63, 3.8) is 0 Å². The molecule has 1 aromatic heterocycles. The number of aryl methyl sites for hydroxylation is 1. The standard InChI is InChI=1S/C25H28ClN5O2/c1-28-22-8-7-19(25(33)30-9-2-3-10-30)16-21(22)27-23(28)17-29-11-13-31(14-12-29)24(32)18-5-4-6-20(26)15-18/h4-8,15-16H,2-3,9-14,17H2,1H3. The number of piperazine rings is 1. The van der Waals surface area contributed by atoms with E-state index in [1.807, 2.05) is 47.2 Å². The summed E-state index contributed by atoms with van der Waals surface area (Å²) >= 11 is 6.04. The lowest BCUT2D eigenvalue weighted by atomic mass is 10.2. The smallest absolute Gasteiger partial charge is 0.253 e. The lowest BCUT2D eigenvalue weighted by Gasteiger charge is -2.34. The first-order valence-electron chi connectivity index (χ1n) is 11.5. The molecular weight excluding hydrogens is 438 g/mol. The summed E-state index contributed by atoms with van der Waals surface area (Å²) < 4.78 is 2.10. The Kier molecular flexibility index (Phi) is 6.08. The topological polar surface area (TPSA) is 61.7 Å². The van der Waals surface area contributed by atoms with Crippen molar-refractivity contribution in [1.29, 1.82) is 0 Å². The Morgan fingerprint density at radius 3 is 2.24 bits per heavy atom. The van der Waals surface area contributed by atoms with Crippen LogP contribution in [-0.4, -0.2) is 75.3 Å². The minimum atomic E-state index is 0.0232. The van der Waals surface area contributed by atoms with Gasteiger partial charge in [0, 0.05) is 62.5 Å². The molecule has 3 aromatic rings. The highest BCUT2D eigenvalue weighted by Crippen LogP contribution is 2.21. The first-order valence-corrected chi connectivity index (χ1v) is 11.9. The lowest BCUT2D eigenvalue weighted by molar-refractivity contribution is 0.0624. The molecule has 0 saturated carbocycles. The molecule has 172 valence electrons. The van der Waals surface area contributed by atoms with Gasteiger partial charge in [-0.25, -0.2) is 4.98 Å². The maximum absolute atomic E-state index is 12.8. The summed E-state index contributed by atoms with van der Waals surface area (Å²) in [6, 6.07) is 12.9. The van der Waals surface area contributed by atoms with Gasteiger partial charge in [0.2, 0.25) is 0 Å². The molecule has 0 unspecified atom stereocenters. The number of halogens is 1. The second-order valence-electron chi connectivity index (χ2n) is 8.87. The molecule has 2 aliphatic rings. The fourth-order valence-corrected chi connectivity index (χ4v) is 4.93. The quantitative estimate of drug-likeness (QED) is 0.592. The highest BCUT2D eigenvalue weighted by atomic mass is 35.5. The Labute approximate surface area is 198 Å². The number of rotatable bonds is 4. The molecule has 2 aliphatic heterocycles. The average molecular weight is 466 g/mol. The summed E-state index contributed by atoms with van der Waals surface area (Å²) in [5.74, 6) is 1.09. The summed E-state index contributed by atoms with van der Waals surface area (Å²) in [5.41, 5.74) is 3.22. The van der Waals surface area contributed by atoms with Crippen molar-refractivity contribution in [2.45, 2.75) is 19.4 Å². The van der Waals surface area contributed by atoms with E-state index in [1.54, 1.807) is 12.1 Å². The van der Waals surface area contributed by atoms with E-state index in [-0.39, 0.29) is 11.8 Å². The first kappa shape index (κ1) is 21.9. The predicted molar refractivity (Wildman–Crippen MR) is 128 cm³/mol. The van der Waals surface area contributed by atoms with Crippen LogP contribution in [0.2, 0.25) is 5.02 Å². The third-order valence-electron chi connectivity index (χ3n) is 6.71. The van der Waals surface area contributed by atoms with Crippen molar-refractivity contribution in [1.82, 2.24) is 24.3 Å². The van der Waals surface area contributed by atoms with Crippen molar-refractivity contribution < 1.29 is 9.59 Å². The van der Waals surface area contributed by atoms with Crippen LogP contribution in [-0.2, 0) is 13.6 Å². The van der Waals surface area contributed by atoms with Crippen LogP contribution < -0.4 is 0 Å². The zero-order valence-corrected chi connectivity index (χ0v) is 19.6. The Balaban J connectivity index is 1.24. The van der Waals surface area contributed by atoms with E-state index in [2.05, 4.69) is 9.47 Å². The second-order valence-corrected chi connectivity index (χ2v) is 9.30. The van der Waals surface area contributed by atoms with Gasteiger partial charge < -0.3 is 14.4 Å². The first-order chi connectivity index (χ1) is 16.0. The molecule has 2 amide bonds. The molecule has 0 radical (unpaired) electrons. The number of aromatic nitrogens is 2. The molecule has 2 saturated heterocycles. The van der Waals surface area contributed by atoms with E-state index >= 15 is 0 Å². The van der Waals surface area contributed by atoms with Gasteiger partial charge in [0.25, 0.3) is 11.8 Å². The normalized spacial score (nSPS) is 17.2. The molecule has 0 atom stereocenters. The molecule has 0 N–H and O–H groups in total. The maximum Gasteiger partial charge on any atom is 0.253 e. The van der Waals surface area contributed by atoms with Crippen LogP contribution in [0.5, 0.6) is 0 Å². The van der Waals surface area contributed by atoms with Gasteiger partial charge in [-0.2, -0.15) is 0 Å². The molecule has 3 heterocycles. The van der Waals surface area contributed by atoms with E-state index < -0.39 is 0 Å². The van der Waals surface area contributed by atoms with Crippen molar-refractivity contribution in [3.8, 4) is 0 Å². The molecule has 0 spiro atoms. The molecule has 0 aliphatic carbocycles. The van der Waals surface area contributed by atoms with Crippen LogP contribution in [0.3, 0.4) is 0 Å². The number of carbonyl (C=O) groups is 2. The number of hydrogen-bond donors (Lipinski definition) is 0. The molecular formula is C25H28ClN5O2. The van der Waals surface area contributed by atoms with Gasteiger partial charge in [-0.1, -0.05) is 17.7 Å². The Morgan fingerprint density at radius 1 is 0.879 bits per heavy atom. The van der Waals surface area contributed by atoms with Crippen LogP contribution >= 0.6 is 11.6 Å². The number of benzene rings is 2. The summed E-state index contributed by atoms with van der Waals surface area (Å²) in [4.78, 5) is 36.5. The van der Waals surface area contributed by atoms with E-state index in [0.29, 0.717) is 35.8 Å².